The Labute approximate surface area is 155 Å². The molecule has 2 aliphatic rings. The van der Waals surface area contributed by atoms with Crippen molar-refractivity contribution < 1.29 is 33.6 Å². The van der Waals surface area contributed by atoms with E-state index in [4.69, 9.17) is 0 Å². The first-order valence-electron chi connectivity index (χ1n) is 9.02. The van der Waals surface area contributed by atoms with E-state index in [0.29, 0.717) is 26.1 Å². The number of halogens is 3. The first-order valence-corrected chi connectivity index (χ1v) is 9.02. The molecule has 0 amide bonds. The van der Waals surface area contributed by atoms with E-state index in [9.17, 15) is 33.6 Å². The molecule has 4 N–H and O–H groups in total. The predicted octanol–water partition coefficient (Wildman–Crippen LogP) is 0.291. The molecular formula is C18H25F3N2O4. The number of β-amino-alcohol motifs (C(OH)–C–C–N with tert-alkyl or cyclic N) is 1. The van der Waals surface area contributed by atoms with Crippen LogP contribution < -0.4 is 4.90 Å². The summed E-state index contributed by atoms with van der Waals surface area (Å²) in [5, 5.41) is 39.3. The number of para-hydroxylation sites is 1. The van der Waals surface area contributed by atoms with Crippen LogP contribution in [-0.2, 0) is 6.18 Å². The Morgan fingerprint density at radius 1 is 1.04 bits per heavy atom. The number of anilines is 1. The van der Waals surface area contributed by atoms with E-state index in [1.165, 1.54) is 12.1 Å². The summed E-state index contributed by atoms with van der Waals surface area (Å²) in [5.74, 6) is 0.0231. The molecule has 0 bridgehead atoms. The van der Waals surface area contributed by atoms with Gasteiger partial charge in [-0.15, -0.1) is 0 Å². The Morgan fingerprint density at radius 2 is 1.74 bits per heavy atom. The molecule has 2 aliphatic heterocycles. The van der Waals surface area contributed by atoms with Crippen molar-refractivity contribution in [2.24, 2.45) is 5.92 Å². The molecular weight excluding hydrogens is 365 g/mol. The Morgan fingerprint density at radius 3 is 2.41 bits per heavy atom. The van der Waals surface area contributed by atoms with Crippen LogP contribution in [0.3, 0.4) is 0 Å². The molecule has 0 spiro atoms. The lowest BCUT2D eigenvalue weighted by Gasteiger charge is -2.44. The topological polar surface area (TPSA) is 87.4 Å². The number of piperidine rings is 1. The third kappa shape index (κ3) is 4.22. The lowest BCUT2D eigenvalue weighted by atomic mass is 9.93. The van der Waals surface area contributed by atoms with Gasteiger partial charge in [0.1, 0.15) is 12.2 Å². The minimum Gasteiger partial charge on any atom is -0.395 e. The number of likely N-dealkylation sites (tertiary alicyclic amines) is 1. The number of hydrogen-bond acceptors (Lipinski definition) is 6. The summed E-state index contributed by atoms with van der Waals surface area (Å²) in [5.41, 5.74) is -0.508. The summed E-state index contributed by atoms with van der Waals surface area (Å²) in [6.07, 6.45) is -7.49. The smallest absolute Gasteiger partial charge is 0.395 e. The van der Waals surface area contributed by atoms with Gasteiger partial charge < -0.3 is 25.3 Å². The summed E-state index contributed by atoms with van der Waals surface area (Å²) >= 11 is 0. The van der Waals surface area contributed by atoms with Crippen LogP contribution in [0.2, 0.25) is 0 Å². The van der Waals surface area contributed by atoms with Gasteiger partial charge >= 0.3 is 6.18 Å². The van der Waals surface area contributed by atoms with Crippen molar-refractivity contribution in [1.29, 1.82) is 0 Å². The lowest BCUT2D eigenvalue weighted by molar-refractivity contribution is -0.147. The molecule has 2 saturated heterocycles. The SMILES string of the molecule is OC[C@H]1[C@@H](O)[C@H](O)[C@@H](O)CN1C[C@H]1CCN(c2ccccc2C(F)(F)F)C1. The summed E-state index contributed by atoms with van der Waals surface area (Å²) in [6, 6.07) is 4.78. The molecule has 0 unspecified atom stereocenters. The molecule has 3 rings (SSSR count). The second kappa shape index (κ2) is 7.92. The van der Waals surface area contributed by atoms with Gasteiger partial charge in [-0.1, -0.05) is 12.1 Å². The number of nitrogens with zero attached hydrogens (tertiary/aromatic N) is 2. The van der Waals surface area contributed by atoms with Crippen LogP contribution >= 0.6 is 0 Å². The van der Waals surface area contributed by atoms with Gasteiger partial charge in [0.25, 0.3) is 0 Å². The van der Waals surface area contributed by atoms with E-state index in [0.717, 1.165) is 6.07 Å². The van der Waals surface area contributed by atoms with Crippen molar-refractivity contribution in [3.05, 3.63) is 29.8 Å². The zero-order chi connectivity index (χ0) is 19.8. The second-order valence-corrected chi connectivity index (χ2v) is 7.37. The van der Waals surface area contributed by atoms with Crippen molar-refractivity contribution in [1.82, 2.24) is 4.90 Å². The monoisotopic (exact) mass is 390 g/mol. The molecule has 27 heavy (non-hydrogen) atoms. The molecule has 0 aliphatic carbocycles. The van der Waals surface area contributed by atoms with Crippen molar-refractivity contribution in [3.63, 3.8) is 0 Å². The molecule has 0 aromatic heterocycles. The normalized spacial score (nSPS) is 32.9. The quantitative estimate of drug-likeness (QED) is 0.591. The predicted molar refractivity (Wildman–Crippen MR) is 92.2 cm³/mol. The number of benzene rings is 1. The average Bonchev–Trinajstić information content (AvgIpc) is 3.08. The summed E-state index contributed by atoms with van der Waals surface area (Å²) in [7, 11) is 0. The Bertz CT molecular complexity index is 645. The number of alkyl halides is 3. The van der Waals surface area contributed by atoms with E-state index >= 15 is 0 Å². The van der Waals surface area contributed by atoms with Crippen LogP contribution in [0.4, 0.5) is 18.9 Å². The van der Waals surface area contributed by atoms with Gasteiger partial charge in [0.15, 0.2) is 0 Å². The van der Waals surface area contributed by atoms with E-state index < -0.39 is 36.1 Å². The van der Waals surface area contributed by atoms with Gasteiger partial charge in [-0.2, -0.15) is 13.2 Å². The van der Waals surface area contributed by atoms with Crippen molar-refractivity contribution in [2.45, 2.75) is 37.0 Å². The number of hydrogen-bond donors (Lipinski definition) is 4. The van der Waals surface area contributed by atoms with E-state index in [1.54, 1.807) is 15.9 Å². The van der Waals surface area contributed by atoms with Gasteiger partial charge in [-0.3, -0.25) is 4.90 Å². The first-order chi connectivity index (χ1) is 12.7. The molecule has 1 aromatic rings. The molecule has 0 radical (unpaired) electrons. The molecule has 0 saturated carbocycles. The largest absolute Gasteiger partial charge is 0.418 e. The van der Waals surface area contributed by atoms with Gasteiger partial charge in [-0.25, -0.2) is 0 Å². The minimum absolute atomic E-state index is 0.0231. The number of aliphatic hydroxyl groups is 4. The zero-order valence-electron chi connectivity index (χ0n) is 14.8. The van der Waals surface area contributed by atoms with Crippen LogP contribution in [0.5, 0.6) is 0 Å². The highest BCUT2D eigenvalue weighted by Gasteiger charge is 2.42. The van der Waals surface area contributed by atoms with E-state index in [1.807, 2.05) is 0 Å². The van der Waals surface area contributed by atoms with Gasteiger partial charge in [0, 0.05) is 31.9 Å². The Balaban J connectivity index is 1.69. The summed E-state index contributed by atoms with van der Waals surface area (Å²) in [4.78, 5) is 3.42. The standard InChI is InChI=1S/C18H25F3N2O4/c19-18(20,21)12-3-1-2-4-13(12)22-6-5-11(7-22)8-23-9-15(25)17(27)16(26)14(23)10-24/h1-4,11,14-17,24-27H,5-10H2/t11-,14-,15-,16+,17+/m0/s1. The van der Waals surface area contributed by atoms with Crippen molar-refractivity contribution in [2.75, 3.05) is 37.7 Å². The Hall–Kier alpha value is -1.39. The molecule has 2 heterocycles. The molecule has 2 fully saturated rings. The summed E-state index contributed by atoms with van der Waals surface area (Å²) in [6.45, 7) is 1.02. The highest BCUT2D eigenvalue weighted by molar-refractivity contribution is 5.55. The maximum Gasteiger partial charge on any atom is 0.418 e. The maximum atomic E-state index is 13.2. The average molecular weight is 390 g/mol. The number of aliphatic hydroxyl groups excluding tert-OH is 4. The number of rotatable bonds is 4. The molecule has 1 aromatic carbocycles. The van der Waals surface area contributed by atoms with Crippen LogP contribution in [-0.4, -0.2) is 82.5 Å². The third-order valence-electron chi connectivity index (χ3n) is 5.54. The van der Waals surface area contributed by atoms with Gasteiger partial charge in [-0.05, 0) is 24.5 Å². The fraction of sp³-hybridized carbons (Fsp3) is 0.667. The molecule has 5 atom stereocenters. The fourth-order valence-corrected chi connectivity index (χ4v) is 4.11. The highest BCUT2D eigenvalue weighted by Crippen LogP contribution is 2.38. The van der Waals surface area contributed by atoms with E-state index in [-0.39, 0.29) is 24.8 Å². The van der Waals surface area contributed by atoms with Gasteiger partial charge in [0.2, 0.25) is 0 Å². The first kappa shape index (κ1) is 20.3. The Kier molecular flexibility index (Phi) is 5.97. The molecule has 6 nitrogen and oxygen atoms in total. The lowest BCUT2D eigenvalue weighted by Crippen LogP contribution is -2.63. The third-order valence-corrected chi connectivity index (χ3v) is 5.54. The zero-order valence-corrected chi connectivity index (χ0v) is 14.8. The summed E-state index contributed by atoms with van der Waals surface area (Å²) < 4.78 is 39.7. The molecule has 152 valence electrons. The second-order valence-electron chi connectivity index (χ2n) is 7.37. The van der Waals surface area contributed by atoms with Gasteiger partial charge in [0.05, 0.1) is 24.3 Å². The van der Waals surface area contributed by atoms with Crippen LogP contribution in [0.1, 0.15) is 12.0 Å². The van der Waals surface area contributed by atoms with E-state index in [2.05, 4.69) is 0 Å². The maximum absolute atomic E-state index is 13.2. The van der Waals surface area contributed by atoms with Crippen LogP contribution in [0, 0.1) is 5.92 Å². The van der Waals surface area contributed by atoms with Crippen LogP contribution in [0.15, 0.2) is 24.3 Å². The van der Waals surface area contributed by atoms with Crippen molar-refractivity contribution in [3.8, 4) is 0 Å². The molecule has 9 heteroatoms. The fourth-order valence-electron chi connectivity index (χ4n) is 4.11. The minimum atomic E-state index is -4.42. The van der Waals surface area contributed by atoms with Crippen LogP contribution in [0.25, 0.3) is 0 Å². The van der Waals surface area contributed by atoms with Crippen molar-refractivity contribution >= 4 is 5.69 Å². The highest BCUT2D eigenvalue weighted by atomic mass is 19.4.